The molecule has 0 radical (unpaired) electrons. The highest BCUT2D eigenvalue weighted by molar-refractivity contribution is 5.93. The van der Waals surface area contributed by atoms with Crippen molar-refractivity contribution >= 4 is 22.6 Å². The molecule has 6 nitrogen and oxygen atoms in total. The SMILES string of the molecule is O=C(C[NH+]1CCCCC1)Nc1ccc2[nH]c(=O)[nH]c2c1. The van der Waals surface area contributed by atoms with Crippen LogP contribution in [0.2, 0.25) is 0 Å². The maximum absolute atomic E-state index is 12.0. The van der Waals surface area contributed by atoms with Crippen LogP contribution in [0.4, 0.5) is 5.69 Å². The molecule has 1 aromatic carbocycles. The molecule has 6 heteroatoms. The maximum atomic E-state index is 12.0. The quantitative estimate of drug-likeness (QED) is 0.629. The fourth-order valence-electron chi connectivity index (χ4n) is 2.77. The molecule has 0 atom stereocenters. The first-order valence-corrected chi connectivity index (χ1v) is 7.06. The van der Waals surface area contributed by atoms with Crippen LogP contribution in [0.5, 0.6) is 0 Å². The molecule has 2 aromatic rings. The summed E-state index contributed by atoms with van der Waals surface area (Å²) in [6, 6.07) is 5.36. The van der Waals surface area contributed by atoms with Crippen molar-refractivity contribution in [3.05, 3.63) is 28.7 Å². The molecule has 0 bridgehead atoms. The van der Waals surface area contributed by atoms with E-state index >= 15 is 0 Å². The summed E-state index contributed by atoms with van der Waals surface area (Å²) in [5, 5.41) is 2.89. The van der Waals surface area contributed by atoms with Gasteiger partial charge in [0.05, 0.1) is 24.1 Å². The summed E-state index contributed by atoms with van der Waals surface area (Å²) < 4.78 is 0. The van der Waals surface area contributed by atoms with E-state index in [2.05, 4.69) is 15.3 Å². The summed E-state index contributed by atoms with van der Waals surface area (Å²) in [5.41, 5.74) is 1.93. The van der Waals surface area contributed by atoms with Crippen LogP contribution in [-0.4, -0.2) is 35.5 Å². The highest BCUT2D eigenvalue weighted by atomic mass is 16.2. The molecule has 0 aliphatic carbocycles. The Kier molecular flexibility index (Phi) is 3.56. The zero-order chi connectivity index (χ0) is 13.9. The molecule has 1 fully saturated rings. The van der Waals surface area contributed by atoms with Crippen molar-refractivity contribution in [3.8, 4) is 0 Å². The summed E-state index contributed by atoms with van der Waals surface area (Å²) in [4.78, 5) is 29.9. The number of amides is 1. The number of rotatable bonds is 3. The molecule has 1 saturated heterocycles. The number of aromatic amines is 2. The van der Waals surface area contributed by atoms with E-state index in [4.69, 9.17) is 0 Å². The molecule has 1 amide bonds. The summed E-state index contributed by atoms with van der Waals surface area (Å²) >= 11 is 0. The Morgan fingerprint density at radius 2 is 1.90 bits per heavy atom. The second-order valence-electron chi connectivity index (χ2n) is 5.38. The minimum Gasteiger partial charge on any atom is -0.327 e. The number of fused-ring (bicyclic) bond motifs is 1. The number of piperidine rings is 1. The number of carbonyl (C=O) groups excluding carboxylic acids is 1. The van der Waals surface area contributed by atoms with Gasteiger partial charge < -0.3 is 20.2 Å². The standard InChI is InChI=1S/C14H18N4O2/c19-13(9-18-6-2-1-3-7-18)15-10-4-5-11-12(8-10)17-14(20)16-11/h4-5,8H,1-3,6-7,9H2,(H,15,19)(H2,16,17,20)/p+1. The average molecular weight is 275 g/mol. The van der Waals surface area contributed by atoms with Gasteiger partial charge in [-0.25, -0.2) is 4.79 Å². The van der Waals surface area contributed by atoms with Crippen molar-refractivity contribution < 1.29 is 9.69 Å². The molecule has 1 aliphatic heterocycles. The molecular formula is C14H19N4O2+. The third-order valence-electron chi connectivity index (χ3n) is 3.77. The number of anilines is 1. The Morgan fingerprint density at radius 1 is 1.15 bits per heavy atom. The third-order valence-corrected chi connectivity index (χ3v) is 3.77. The number of quaternary nitrogens is 1. The van der Waals surface area contributed by atoms with Crippen LogP contribution < -0.4 is 15.9 Å². The van der Waals surface area contributed by atoms with Gasteiger partial charge in [0.1, 0.15) is 0 Å². The van der Waals surface area contributed by atoms with Crippen LogP contribution in [0.25, 0.3) is 11.0 Å². The van der Waals surface area contributed by atoms with Gasteiger partial charge in [-0.1, -0.05) is 0 Å². The van der Waals surface area contributed by atoms with Gasteiger partial charge in [-0.2, -0.15) is 0 Å². The Balaban J connectivity index is 1.65. The van der Waals surface area contributed by atoms with E-state index < -0.39 is 0 Å². The summed E-state index contributed by atoms with van der Waals surface area (Å²) in [5.74, 6) is 0.0270. The zero-order valence-electron chi connectivity index (χ0n) is 11.3. The summed E-state index contributed by atoms with van der Waals surface area (Å²) in [6.07, 6.45) is 3.70. The molecule has 1 aromatic heterocycles. The van der Waals surface area contributed by atoms with Gasteiger partial charge in [0.15, 0.2) is 6.54 Å². The van der Waals surface area contributed by atoms with Crippen molar-refractivity contribution in [2.24, 2.45) is 0 Å². The van der Waals surface area contributed by atoms with E-state index in [1.807, 2.05) is 0 Å². The molecule has 0 saturated carbocycles. The van der Waals surface area contributed by atoms with Crippen molar-refractivity contribution in [2.75, 3.05) is 25.0 Å². The zero-order valence-corrected chi connectivity index (χ0v) is 11.3. The average Bonchev–Trinajstić information content (AvgIpc) is 2.79. The van der Waals surface area contributed by atoms with Gasteiger partial charge >= 0.3 is 5.69 Å². The maximum Gasteiger partial charge on any atom is 0.323 e. The number of likely N-dealkylation sites (tertiary alicyclic amines) is 1. The highest BCUT2D eigenvalue weighted by Crippen LogP contribution is 2.14. The molecule has 20 heavy (non-hydrogen) atoms. The van der Waals surface area contributed by atoms with Gasteiger partial charge in [-0.05, 0) is 37.5 Å². The Hall–Kier alpha value is -2.08. The van der Waals surface area contributed by atoms with Crippen molar-refractivity contribution in [2.45, 2.75) is 19.3 Å². The topological polar surface area (TPSA) is 82.2 Å². The van der Waals surface area contributed by atoms with Crippen molar-refractivity contribution in [1.29, 1.82) is 0 Å². The smallest absolute Gasteiger partial charge is 0.323 e. The van der Waals surface area contributed by atoms with E-state index in [0.717, 1.165) is 18.6 Å². The van der Waals surface area contributed by atoms with Gasteiger partial charge in [0, 0.05) is 5.69 Å². The van der Waals surface area contributed by atoms with Crippen LogP contribution in [0, 0.1) is 0 Å². The molecule has 3 rings (SSSR count). The second-order valence-corrected chi connectivity index (χ2v) is 5.38. The van der Waals surface area contributed by atoms with Crippen LogP contribution in [-0.2, 0) is 4.79 Å². The fourth-order valence-corrected chi connectivity index (χ4v) is 2.77. The Labute approximate surface area is 116 Å². The lowest BCUT2D eigenvalue weighted by Gasteiger charge is -2.22. The normalized spacial score (nSPS) is 16.4. The van der Waals surface area contributed by atoms with Gasteiger partial charge in [0.25, 0.3) is 5.91 Å². The van der Waals surface area contributed by atoms with E-state index in [9.17, 15) is 9.59 Å². The molecule has 0 spiro atoms. The van der Waals surface area contributed by atoms with Crippen molar-refractivity contribution in [1.82, 2.24) is 9.97 Å². The number of H-pyrrole nitrogens is 2. The fraction of sp³-hybridized carbons (Fsp3) is 0.429. The van der Waals surface area contributed by atoms with Gasteiger partial charge in [-0.3, -0.25) is 4.79 Å². The minimum absolute atomic E-state index is 0.0270. The monoisotopic (exact) mass is 275 g/mol. The van der Waals surface area contributed by atoms with E-state index in [1.54, 1.807) is 18.2 Å². The number of carbonyl (C=O) groups is 1. The Bertz CT molecular complexity index is 667. The lowest BCUT2D eigenvalue weighted by Crippen LogP contribution is -3.13. The van der Waals surface area contributed by atoms with Crippen LogP contribution in [0.3, 0.4) is 0 Å². The first kappa shape index (κ1) is 12.9. The predicted molar refractivity (Wildman–Crippen MR) is 77.0 cm³/mol. The number of imidazole rings is 1. The van der Waals surface area contributed by atoms with Crippen molar-refractivity contribution in [3.63, 3.8) is 0 Å². The van der Waals surface area contributed by atoms with Crippen LogP contribution in [0.15, 0.2) is 23.0 Å². The molecule has 0 unspecified atom stereocenters. The van der Waals surface area contributed by atoms with E-state index in [-0.39, 0.29) is 11.6 Å². The number of benzene rings is 1. The predicted octanol–water partition coefficient (Wildman–Crippen LogP) is -0.136. The lowest BCUT2D eigenvalue weighted by molar-refractivity contribution is -0.896. The highest BCUT2D eigenvalue weighted by Gasteiger charge is 2.17. The molecule has 2 heterocycles. The van der Waals surface area contributed by atoms with E-state index in [1.165, 1.54) is 24.2 Å². The first-order valence-electron chi connectivity index (χ1n) is 7.06. The summed E-state index contributed by atoms with van der Waals surface area (Å²) in [6.45, 7) is 2.68. The van der Waals surface area contributed by atoms with Gasteiger partial charge in [-0.15, -0.1) is 0 Å². The van der Waals surface area contributed by atoms with Crippen LogP contribution >= 0.6 is 0 Å². The van der Waals surface area contributed by atoms with E-state index in [0.29, 0.717) is 17.7 Å². The number of nitrogens with one attached hydrogen (secondary N) is 4. The number of aromatic nitrogens is 2. The van der Waals surface area contributed by atoms with Crippen LogP contribution in [0.1, 0.15) is 19.3 Å². The number of hydrogen-bond donors (Lipinski definition) is 4. The summed E-state index contributed by atoms with van der Waals surface area (Å²) in [7, 11) is 0. The third kappa shape index (κ3) is 2.91. The second kappa shape index (κ2) is 5.50. The lowest BCUT2D eigenvalue weighted by atomic mass is 10.1. The largest absolute Gasteiger partial charge is 0.327 e. The molecule has 106 valence electrons. The van der Waals surface area contributed by atoms with Gasteiger partial charge in [0.2, 0.25) is 0 Å². The minimum atomic E-state index is -0.235. The molecule has 4 N–H and O–H groups in total. The molecule has 1 aliphatic rings. The first-order chi connectivity index (χ1) is 9.70. The Morgan fingerprint density at radius 3 is 2.70 bits per heavy atom. The molecular weight excluding hydrogens is 256 g/mol. The number of hydrogen-bond acceptors (Lipinski definition) is 2.